The Labute approximate surface area is 53.9 Å². The van der Waals surface area contributed by atoms with Crippen LogP contribution in [0.4, 0.5) is 0 Å². The molecular weight excluding hydrogens is 145 g/mol. The van der Waals surface area contributed by atoms with Gasteiger partial charge in [0, 0.05) is 6.44 Å². The van der Waals surface area contributed by atoms with Crippen LogP contribution < -0.4 is 4.72 Å². The summed E-state index contributed by atoms with van der Waals surface area (Å²) < 4.78 is 22.3. The number of hydrogen-bond donors (Lipinski definition) is 3. The molecule has 5 nitrogen and oxygen atoms in total. The van der Waals surface area contributed by atoms with Gasteiger partial charge in [0.15, 0.2) is 0 Å². The topological polar surface area (TPSA) is 86.6 Å². The molecule has 7 heteroatoms. The molecule has 9 heavy (non-hydrogen) atoms. The molecule has 0 rings (SSSR count). The first-order valence-corrected chi connectivity index (χ1v) is 4.12. The lowest BCUT2D eigenvalue weighted by molar-refractivity contribution is 0.404. The fourth-order valence-electron chi connectivity index (χ4n) is 0.226. The number of nitrogens with one attached hydrogen (secondary N) is 1. The van der Waals surface area contributed by atoms with Gasteiger partial charge in [-0.1, -0.05) is 0 Å². The molecule has 0 amide bonds. The van der Waals surface area contributed by atoms with E-state index in [0.717, 1.165) is 6.26 Å². The van der Waals surface area contributed by atoms with Crippen LogP contribution >= 0.6 is 0 Å². The Morgan fingerprint density at radius 3 is 2.11 bits per heavy atom. The highest BCUT2D eigenvalue weighted by Gasteiger charge is 2.08. The molecule has 0 unspecified atom stereocenters. The van der Waals surface area contributed by atoms with Gasteiger partial charge in [0.25, 0.3) is 0 Å². The van der Waals surface area contributed by atoms with Crippen molar-refractivity contribution >= 4 is 17.1 Å². The first-order chi connectivity index (χ1) is 3.92. The molecule has 0 aromatic rings. The molecule has 0 aliphatic rings. The zero-order valence-electron chi connectivity index (χ0n) is 4.90. The van der Waals surface area contributed by atoms with Gasteiger partial charge in [0.1, 0.15) is 0 Å². The molecule has 0 aliphatic carbocycles. The van der Waals surface area contributed by atoms with E-state index in [-0.39, 0.29) is 6.44 Å². The van der Waals surface area contributed by atoms with Gasteiger partial charge in [0.05, 0.1) is 6.26 Å². The summed E-state index contributed by atoms with van der Waals surface area (Å²) in [4.78, 5) is 0. The largest absolute Gasteiger partial charge is 0.467 e. The predicted octanol–water partition coefficient (Wildman–Crippen LogP) is -2.45. The van der Waals surface area contributed by atoms with Gasteiger partial charge in [-0.2, -0.15) is 0 Å². The van der Waals surface area contributed by atoms with Crippen molar-refractivity contribution in [2.45, 2.75) is 0 Å². The van der Waals surface area contributed by atoms with Gasteiger partial charge in [-0.15, -0.1) is 0 Å². The third-order valence-electron chi connectivity index (χ3n) is 0.528. The first kappa shape index (κ1) is 8.89. The molecular formula is C2H8BNO4S. The Bertz CT molecular complexity index is 163. The van der Waals surface area contributed by atoms with Crippen molar-refractivity contribution in [1.82, 2.24) is 4.72 Å². The smallest absolute Gasteiger partial charge is 0.426 e. The SMILES string of the molecule is CS(=O)(=O)NCB(O)O. The first-order valence-electron chi connectivity index (χ1n) is 2.22. The Morgan fingerprint density at radius 2 is 2.00 bits per heavy atom. The van der Waals surface area contributed by atoms with E-state index >= 15 is 0 Å². The third kappa shape index (κ3) is 7.89. The number of sulfonamides is 1. The highest BCUT2D eigenvalue weighted by atomic mass is 32.2. The van der Waals surface area contributed by atoms with Crippen LogP contribution in [-0.2, 0) is 10.0 Å². The molecule has 0 aliphatic heterocycles. The fourth-order valence-corrected chi connectivity index (χ4v) is 0.678. The van der Waals surface area contributed by atoms with Crippen molar-refractivity contribution in [2.24, 2.45) is 0 Å². The summed E-state index contributed by atoms with van der Waals surface area (Å²) in [7, 11) is -4.91. The van der Waals surface area contributed by atoms with Crippen LogP contribution in [0.2, 0.25) is 0 Å². The Balaban J connectivity index is 3.53. The monoisotopic (exact) mass is 153 g/mol. The van der Waals surface area contributed by atoms with Gasteiger partial charge in [-0.3, -0.25) is 0 Å². The summed E-state index contributed by atoms with van der Waals surface area (Å²) in [5.41, 5.74) is 0. The van der Waals surface area contributed by atoms with Crippen molar-refractivity contribution in [2.75, 3.05) is 12.7 Å². The van der Waals surface area contributed by atoms with E-state index in [4.69, 9.17) is 10.0 Å². The van der Waals surface area contributed by atoms with Crippen LogP contribution in [-0.4, -0.2) is 38.3 Å². The minimum absolute atomic E-state index is 0.362. The standard InChI is InChI=1S/C2H8BNO4S/c1-9(7,8)4-2-3(5)6/h4-6H,2H2,1H3. The maximum atomic E-state index is 10.2. The molecule has 0 fully saturated rings. The number of hydrogen-bond acceptors (Lipinski definition) is 4. The van der Waals surface area contributed by atoms with Crippen molar-refractivity contribution in [3.05, 3.63) is 0 Å². The molecule has 0 heterocycles. The highest BCUT2D eigenvalue weighted by molar-refractivity contribution is 7.88. The summed E-state index contributed by atoms with van der Waals surface area (Å²) in [5.74, 6) is 0. The maximum Gasteiger partial charge on any atom is 0.467 e. The van der Waals surface area contributed by atoms with E-state index in [0.29, 0.717) is 0 Å². The van der Waals surface area contributed by atoms with E-state index in [1.54, 1.807) is 0 Å². The van der Waals surface area contributed by atoms with E-state index in [2.05, 4.69) is 0 Å². The van der Waals surface area contributed by atoms with Gasteiger partial charge < -0.3 is 10.0 Å². The molecule has 0 saturated heterocycles. The van der Waals surface area contributed by atoms with Crippen LogP contribution in [0.25, 0.3) is 0 Å². The average Bonchev–Trinajstić information content (AvgIpc) is 1.59. The molecule has 3 N–H and O–H groups in total. The predicted molar refractivity (Wildman–Crippen MR) is 33.0 cm³/mol. The lowest BCUT2D eigenvalue weighted by Crippen LogP contribution is -2.34. The van der Waals surface area contributed by atoms with Crippen LogP contribution in [0, 0.1) is 0 Å². The van der Waals surface area contributed by atoms with Gasteiger partial charge >= 0.3 is 7.12 Å². The summed E-state index contributed by atoms with van der Waals surface area (Å²) in [6, 6.07) is 0. The Hall–Kier alpha value is -0.105. The third-order valence-corrected chi connectivity index (χ3v) is 1.22. The van der Waals surface area contributed by atoms with Crippen LogP contribution in [0.15, 0.2) is 0 Å². The van der Waals surface area contributed by atoms with Crippen LogP contribution in [0.5, 0.6) is 0 Å². The van der Waals surface area contributed by atoms with E-state index in [1.165, 1.54) is 0 Å². The second-order valence-corrected chi connectivity index (χ2v) is 3.43. The molecule has 54 valence electrons. The number of rotatable bonds is 3. The fraction of sp³-hybridized carbons (Fsp3) is 1.00. The van der Waals surface area contributed by atoms with E-state index < -0.39 is 17.1 Å². The Kier molecular flexibility index (Phi) is 3.13. The molecule has 0 saturated carbocycles. The van der Waals surface area contributed by atoms with E-state index in [1.807, 2.05) is 4.72 Å². The summed E-state index contributed by atoms with van der Waals surface area (Å²) >= 11 is 0. The van der Waals surface area contributed by atoms with Crippen molar-refractivity contribution in [1.29, 1.82) is 0 Å². The molecule has 0 radical (unpaired) electrons. The minimum Gasteiger partial charge on any atom is -0.426 e. The van der Waals surface area contributed by atoms with Gasteiger partial charge in [-0.05, 0) is 0 Å². The second-order valence-electron chi connectivity index (χ2n) is 1.60. The highest BCUT2D eigenvalue weighted by Crippen LogP contribution is 1.72. The van der Waals surface area contributed by atoms with Crippen LogP contribution in [0.3, 0.4) is 0 Å². The van der Waals surface area contributed by atoms with Crippen LogP contribution in [0.1, 0.15) is 0 Å². The summed E-state index contributed by atoms with van der Waals surface area (Å²) in [6.07, 6.45) is 0.578. The lowest BCUT2D eigenvalue weighted by atomic mass is 9.94. The van der Waals surface area contributed by atoms with Crippen molar-refractivity contribution in [3.63, 3.8) is 0 Å². The maximum absolute atomic E-state index is 10.2. The van der Waals surface area contributed by atoms with Crippen molar-refractivity contribution in [3.8, 4) is 0 Å². The molecule has 0 aromatic carbocycles. The minimum atomic E-state index is -3.29. The van der Waals surface area contributed by atoms with Gasteiger partial charge in [0.2, 0.25) is 10.0 Å². The molecule has 0 atom stereocenters. The lowest BCUT2D eigenvalue weighted by Gasteiger charge is -1.97. The normalized spacial score (nSPS) is 11.4. The second kappa shape index (κ2) is 3.16. The van der Waals surface area contributed by atoms with Crippen molar-refractivity contribution < 1.29 is 18.5 Å². The Morgan fingerprint density at radius 1 is 1.56 bits per heavy atom. The van der Waals surface area contributed by atoms with E-state index in [9.17, 15) is 8.42 Å². The molecule has 0 bridgehead atoms. The summed E-state index contributed by atoms with van der Waals surface area (Å²) in [6.45, 7) is 0. The van der Waals surface area contributed by atoms with Gasteiger partial charge in [-0.25, -0.2) is 13.1 Å². The quantitative estimate of drug-likeness (QED) is 0.392. The zero-order chi connectivity index (χ0) is 7.49. The molecule has 0 aromatic heterocycles. The average molecular weight is 153 g/mol. The molecule has 0 spiro atoms. The zero-order valence-corrected chi connectivity index (χ0v) is 5.72. The summed E-state index contributed by atoms with van der Waals surface area (Å²) in [5, 5.41) is 16.3.